The molecule has 1 aliphatic rings. The molecule has 1 saturated heterocycles. The van der Waals surface area contributed by atoms with E-state index in [1.54, 1.807) is 0 Å². The normalized spacial score (nSPS) is 17.8. The Labute approximate surface area is 120 Å². The Hall–Kier alpha value is -0.840. The average Bonchev–Trinajstić information content (AvgIpc) is 2.38. The first-order valence-electron chi connectivity index (χ1n) is 6.69. The van der Waals surface area contributed by atoms with Crippen LogP contribution in [0.3, 0.4) is 0 Å². The first kappa shape index (κ1) is 14.6. The summed E-state index contributed by atoms with van der Waals surface area (Å²) in [5.41, 5.74) is 0.453. The van der Waals surface area contributed by atoms with Crippen LogP contribution < -0.4 is 4.90 Å². The Kier molecular flexibility index (Phi) is 4.66. The Bertz CT molecular complexity index is 411. The van der Waals surface area contributed by atoms with Gasteiger partial charge < -0.3 is 10.0 Å². The predicted octanol–water partition coefficient (Wildman–Crippen LogP) is 1.71. The van der Waals surface area contributed by atoms with E-state index in [2.05, 4.69) is 14.8 Å². The van der Waals surface area contributed by atoms with Gasteiger partial charge in [-0.25, -0.2) is 4.98 Å². The van der Waals surface area contributed by atoms with E-state index >= 15 is 0 Å². The maximum Gasteiger partial charge on any atom is 0.133 e. The lowest BCUT2D eigenvalue weighted by Gasteiger charge is -2.38. The molecule has 19 heavy (non-hydrogen) atoms. The van der Waals surface area contributed by atoms with Crippen molar-refractivity contribution in [2.75, 3.05) is 37.6 Å². The highest BCUT2D eigenvalue weighted by Crippen LogP contribution is 2.20. The quantitative estimate of drug-likeness (QED) is 0.854. The molecular weight excluding hydrogens is 262 g/mol. The minimum absolute atomic E-state index is 0.493. The highest BCUT2D eigenvalue weighted by molar-refractivity contribution is 6.17. The maximum absolute atomic E-state index is 9.85. The number of β-amino-alcohol motifs (C(OH)–C–C–N with tert-alkyl or cyclic N) is 1. The fraction of sp³-hybridized carbons (Fsp3) is 0.643. The van der Waals surface area contributed by atoms with Gasteiger partial charge in [0.25, 0.3) is 0 Å². The lowest BCUT2D eigenvalue weighted by Crippen LogP contribution is -2.50. The lowest BCUT2D eigenvalue weighted by molar-refractivity contribution is 0.0344. The van der Waals surface area contributed by atoms with Crippen LogP contribution in [-0.2, 0) is 5.88 Å². The predicted molar refractivity (Wildman–Crippen MR) is 78.7 cm³/mol. The summed E-state index contributed by atoms with van der Waals surface area (Å²) in [6, 6.07) is 3.95. The van der Waals surface area contributed by atoms with Crippen molar-refractivity contribution in [3.63, 3.8) is 0 Å². The van der Waals surface area contributed by atoms with Crippen LogP contribution in [-0.4, -0.2) is 53.3 Å². The standard InChI is InChI=1S/C14H22ClN3O/c1-14(2,19)11-17-6-8-18(9-7-17)13-12(10-15)4-3-5-16-13/h3-5,19H,6-11H2,1-2H3. The molecule has 0 radical (unpaired) electrons. The number of alkyl halides is 1. The third-order valence-electron chi connectivity index (χ3n) is 3.29. The summed E-state index contributed by atoms with van der Waals surface area (Å²) >= 11 is 5.96. The Morgan fingerprint density at radius 3 is 2.58 bits per heavy atom. The molecule has 2 heterocycles. The van der Waals surface area contributed by atoms with Gasteiger partial charge >= 0.3 is 0 Å². The van der Waals surface area contributed by atoms with Gasteiger partial charge in [-0.1, -0.05) is 6.07 Å². The van der Waals surface area contributed by atoms with Crippen molar-refractivity contribution in [1.82, 2.24) is 9.88 Å². The molecule has 1 aromatic rings. The van der Waals surface area contributed by atoms with Crippen LogP contribution in [0.4, 0.5) is 5.82 Å². The van der Waals surface area contributed by atoms with E-state index in [4.69, 9.17) is 11.6 Å². The summed E-state index contributed by atoms with van der Waals surface area (Å²) in [6.45, 7) is 8.16. The van der Waals surface area contributed by atoms with Crippen molar-refractivity contribution < 1.29 is 5.11 Å². The topological polar surface area (TPSA) is 39.6 Å². The molecule has 1 aliphatic heterocycles. The van der Waals surface area contributed by atoms with Crippen LogP contribution in [0, 0.1) is 0 Å². The summed E-state index contributed by atoms with van der Waals surface area (Å²) in [4.78, 5) is 9.01. The number of piperazine rings is 1. The van der Waals surface area contributed by atoms with Gasteiger partial charge in [-0.05, 0) is 19.9 Å². The van der Waals surface area contributed by atoms with Crippen molar-refractivity contribution in [1.29, 1.82) is 0 Å². The third-order valence-corrected chi connectivity index (χ3v) is 3.58. The van der Waals surface area contributed by atoms with Crippen LogP contribution in [0.2, 0.25) is 0 Å². The van der Waals surface area contributed by atoms with Gasteiger partial charge in [0, 0.05) is 44.5 Å². The van der Waals surface area contributed by atoms with Crippen molar-refractivity contribution in [3.05, 3.63) is 23.9 Å². The second kappa shape index (κ2) is 6.07. The molecule has 2 rings (SSSR count). The van der Waals surface area contributed by atoms with Gasteiger partial charge in [0.05, 0.1) is 11.5 Å². The largest absolute Gasteiger partial charge is 0.389 e. The van der Waals surface area contributed by atoms with E-state index in [9.17, 15) is 5.11 Å². The molecule has 0 spiro atoms. The number of hydrogen-bond donors (Lipinski definition) is 1. The second-order valence-electron chi connectivity index (χ2n) is 5.70. The van der Waals surface area contributed by atoms with Crippen LogP contribution >= 0.6 is 11.6 Å². The van der Waals surface area contributed by atoms with E-state index in [1.165, 1.54) is 0 Å². The number of rotatable bonds is 4. The van der Waals surface area contributed by atoms with E-state index in [0.29, 0.717) is 12.4 Å². The van der Waals surface area contributed by atoms with Crippen molar-refractivity contribution in [2.24, 2.45) is 0 Å². The smallest absolute Gasteiger partial charge is 0.133 e. The average molecular weight is 284 g/mol. The molecule has 0 bridgehead atoms. The molecule has 5 heteroatoms. The molecule has 0 amide bonds. The van der Waals surface area contributed by atoms with Gasteiger partial charge in [0.2, 0.25) is 0 Å². The van der Waals surface area contributed by atoms with Crippen LogP contribution in [0.15, 0.2) is 18.3 Å². The molecule has 0 aliphatic carbocycles. The van der Waals surface area contributed by atoms with Crippen molar-refractivity contribution in [2.45, 2.75) is 25.3 Å². The van der Waals surface area contributed by atoms with Crippen LogP contribution in [0.1, 0.15) is 19.4 Å². The highest BCUT2D eigenvalue weighted by Gasteiger charge is 2.24. The zero-order valence-corrected chi connectivity index (χ0v) is 12.4. The molecule has 1 fully saturated rings. The van der Waals surface area contributed by atoms with Crippen molar-refractivity contribution >= 4 is 17.4 Å². The van der Waals surface area contributed by atoms with E-state index in [-0.39, 0.29) is 0 Å². The monoisotopic (exact) mass is 283 g/mol. The summed E-state index contributed by atoms with van der Waals surface area (Å²) < 4.78 is 0. The number of hydrogen-bond acceptors (Lipinski definition) is 4. The number of anilines is 1. The summed E-state index contributed by atoms with van der Waals surface area (Å²) in [7, 11) is 0. The van der Waals surface area contributed by atoms with Gasteiger partial charge in [-0.15, -0.1) is 11.6 Å². The summed E-state index contributed by atoms with van der Waals surface area (Å²) in [5.74, 6) is 1.49. The molecule has 106 valence electrons. The molecule has 4 nitrogen and oxygen atoms in total. The van der Waals surface area contributed by atoms with Crippen LogP contribution in [0.25, 0.3) is 0 Å². The SMILES string of the molecule is CC(C)(O)CN1CCN(c2ncccc2CCl)CC1. The van der Waals surface area contributed by atoms with E-state index < -0.39 is 5.60 Å². The minimum Gasteiger partial charge on any atom is -0.389 e. The zero-order valence-electron chi connectivity index (χ0n) is 11.6. The van der Waals surface area contributed by atoms with E-state index in [1.807, 2.05) is 32.2 Å². The van der Waals surface area contributed by atoms with Crippen molar-refractivity contribution in [3.8, 4) is 0 Å². The Morgan fingerprint density at radius 2 is 2.00 bits per heavy atom. The number of pyridine rings is 1. The Morgan fingerprint density at radius 1 is 1.32 bits per heavy atom. The third kappa shape index (κ3) is 4.06. The molecule has 1 aromatic heterocycles. The molecule has 0 atom stereocenters. The molecule has 0 aromatic carbocycles. The van der Waals surface area contributed by atoms with Gasteiger partial charge in [0.15, 0.2) is 0 Å². The highest BCUT2D eigenvalue weighted by atomic mass is 35.5. The number of aliphatic hydroxyl groups is 1. The molecule has 0 unspecified atom stereocenters. The molecule has 0 saturated carbocycles. The Balaban J connectivity index is 1.96. The van der Waals surface area contributed by atoms with Gasteiger partial charge in [0.1, 0.15) is 5.82 Å². The number of nitrogens with zero attached hydrogens (tertiary/aromatic N) is 3. The maximum atomic E-state index is 9.85. The first-order valence-corrected chi connectivity index (χ1v) is 7.22. The second-order valence-corrected chi connectivity index (χ2v) is 5.96. The lowest BCUT2D eigenvalue weighted by atomic mass is 10.1. The van der Waals surface area contributed by atoms with Gasteiger partial charge in [-0.3, -0.25) is 4.90 Å². The minimum atomic E-state index is -0.630. The first-order chi connectivity index (χ1) is 8.99. The van der Waals surface area contributed by atoms with Gasteiger partial charge in [-0.2, -0.15) is 0 Å². The zero-order chi connectivity index (χ0) is 13.9. The molecular formula is C14H22ClN3O. The number of aromatic nitrogens is 1. The fourth-order valence-corrected chi connectivity index (χ4v) is 2.69. The van der Waals surface area contributed by atoms with Crippen LogP contribution in [0.5, 0.6) is 0 Å². The number of halogens is 1. The summed E-state index contributed by atoms with van der Waals surface area (Å²) in [6.07, 6.45) is 1.81. The molecule has 1 N–H and O–H groups in total. The summed E-state index contributed by atoms with van der Waals surface area (Å²) in [5, 5.41) is 9.85. The fourth-order valence-electron chi connectivity index (χ4n) is 2.48. The van der Waals surface area contributed by atoms with E-state index in [0.717, 1.165) is 37.6 Å².